The lowest BCUT2D eigenvalue weighted by molar-refractivity contribution is -0.137. The highest BCUT2D eigenvalue weighted by molar-refractivity contribution is 5.66. The Morgan fingerprint density at radius 1 is 1.42 bits per heavy atom. The van der Waals surface area contributed by atoms with E-state index in [0.29, 0.717) is 12.3 Å². The number of benzene rings is 1. The Morgan fingerprint density at radius 3 is 2.95 bits per heavy atom. The summed E-state index contributed by atoms with van der Waals surface area (Å²) in [5, 5.41) is 8.79. The van der Waals surface area contributed by atoms with Crippen LogP contribution in [-0.2, 0) is 4.79 Å². The zero-order valence-electron chi connectivity index (χ0n) is 11.9. The number of hydrogen-bond acceptors (Lipinski definition) is 2. The first-order valence-corrected chi connectivity index (χ1v) is 7.10. The van der Waals surface area contributed by atoms with Crippen molar-refractivity contribution in [3.63, 3.8) is 0 Å². The SMILES string of the molecule is Cc1ccc(C)c(N2CCCC(CCC(=O)O)C2)c1. The Bertz CT molecular complexity index is 456. The third-order valence-electron chi connectivity index (χ3n) is 3.99. The number of hydrogen-bond donors (Lipinski definition) is 1. The van der Waals surface area contributed by atoms with Crippen LogP contribution < -0.4 is 4.90 Å². The molecule has 0 aliphatic carbocycles. The van der Waals surface area contributed by atoms with Gasteiger partial charge in [0.05, 0.1) is 0 Å². The van der Waals surface area contributed by atoms with Crippen LogP contribution in [0.2, 0.25) is 0 Å². The number of rotatable bonds is 4. The van der Waals surface area contributed by atoms with Crippen molar-refractivity contribution in [3.05, 3.63) is 29.3 Å². The number of carboxylic acid groups (broad SMARTS) is 1. The quantitative estimate of drug-likeness (QED) is 0.903. The maximum atomic E-state index is 10.7. The summed E-state index contributed by atoms with van der Waals surface area (Å²) < 4.78 is 0. The average Bonchev–Trinajstić information content (AvgIpc) is 2.39. The lowest BCUT2D eigenvalue weighted by atomic mass is 9.92. The van der Waals surface area contributed by atoms with E-state index < -0.39 is 5.97 Å². The maximum Gasteiger partial charge on any atom is 0.303 e. The molecule has 0 bridgehead atoms. The minimum atomic E-state index is -0.677. The van der Waals surface area contributed by atoms with Crippen LogP contribution in [0.5, 0.6) is 0 Å². The van der Waals surface area contributed by atoms with Gasteiger partial charge in [0, 0.05) is 25.2 Å². The highest BCUT2D eigenvalue weighted by Gasteiger charge is 2.21. The highest BCUT2D eigenvalue weighted by atomic mass is 16.4. The summed E-state index contributed by atoms with van der Waals surface area (Å²) in [4.78, 5) is 13.1. The summed E-state index contributed by atoms with van der Waals surface area (Å²) in [5.74, 6) is -0.159. The van der Waals surface area contributed by atoms with E-state index in [1.807, 2.05) is 0 Å². The van der Waals surface area contributed by atoms with Gasteiger partial charge in [-0.3, -0.25) is 4.79 Å². The van der Waals surface area contributed by atoms with Crippen molar-refractivity contribution >= 4 is 11.7 Å². The normalized spacial score (nSPS) is 19.5. The van der Waals surface area contributed by atoms with E-state index in [1.54, 1.807) is 0 Å². The van der Waals surface area contributed by atoms with Gasteiger partial charge in [0.1, 0.15) is 0 Å². The Kier molecular flexibility index (Phi) is 4.46. The molecule has 0 radical (unpaired) electrons. The first kappa shape index (κ1) is 13.9. The van der Waals surface area contributed by atoms with Crippen molar-refractivity contribution in [2.24, 2.45) is 5.92 Å². The first-order chi connectivity index (χ1) is 9.06. The van der Waals surface area contributed by atoms with Crippen LogP contribution in [0.3, 0.4) is 0 Å². The van der Waals surface area contributed by atoms with Crippen molar-refractivity contribution in [1.29, 1.82) is 0 Å². The molecule has 1 fully saturated rings. The van der Waals surface area contributed by atoms with Gasteiger partial charge in [0.2, 0.25) is 0 Å². The fourth-order valence-electron chi connectivity index (χ4n) is 2.91. The van der Waals surface area contributed by atoms with Crippen LogP contribution in [0.1, 0.15) is 36.8 Å². The number of aliphatic carboxylic acids is 1. The van der Waals surface area contributed by atoms with Gasteiger partial charge >= 0.3 is 5.97 Å². The fraction of sp³-hybridized carbons (Fsp3) is 0.562. The lowest BCUT2D eigenvalue weighted by Crippen LogP contribution is -2.36. The molecule has 0 aromatic heterocycles. The van der Waals surface area contributed by atoms with Crippen molar-refractivity contribution in [2.45, 2.75) is 39.5 Å². The molecule has 0 spiro atoms. The van der Waals surface area contributed by atoms with Crippen LogP contribution in [0, 0.1) is 19.8 Å². The average molecular weight is 261 g/mol. The second-order valence-electron chi connectivity index (χ2n) is 5.68. The van der Waals surface area contributed by atoms with Gasteiger partial charge in [0.15, 0.2) is 0 Å². The number of carbonyl (C=O) groups is 1. The molecule has 1 atom stereocenters. The number of piperidine rings is 1. The molecule has 19 heavy (non-hydrogen) atoms. The molecular formula is C16H23NO2. The molecule has 1 N–H and O–H groups in total. The molecule has 3 heteroatoms. The standard InChI is InChI=1S/C16H23NO2/c1-12-5-6-13(2)15(10-12)17-9-3-4-14(11-17)7-8-16(18)19/h5-6,10,14H,3-4,7-9,11H2,1-2H3,(H,18,19). The topological polar surface area (TPSA) is 40.5 Å². The van der Waals surface area contributed by atoms with Crippen molar-refractivity contribution in [2.75, 3.05) is 18.0 Å². The minimum absolute atomic E-state index is 0.297. The van der Waals surface area contributed by atoms with Crippen LogP contribution in [0.25, 0.3) is 0 Å². The Morgan fingerprint density at radius 2 is 2.21 bits per heavy atom. The predicted molar refractivity (Wildman–Crippen MR) is 77.7 cm³/mol. The van der Waals surface area contributed by atoms with Crippen LogP contribution >= 0.6 is 0 Å². The molecule has 0 amide bonds. The van der Waals surface area contributed by atoms with E-state index >= 15 is 0 Å². The molecule has 1 aromatic rings. The Hall–Kier alpha value is -1.51. The third-order valence-corrected chi connectivity index (χ3v) is 3.99. The molecule has 1 heterocycles. The highest BCUT2D eigenvalue weighted by Crippen LogP contribution is 2.28. The lowest BCUT2D eigenvalue weighted by Gasteiger charge is -2.35. The second kappa shape index (κ2) is 6.09. The zero-order valence-corrected chi connectivity index (χ0v) is 11.9. The Balaban J connectivity index is 2.04. The van der Waals surface area contributed by atoms with E-state index in [0.717, 1.165) is 32.4 Å². The molecule has 104 valence electrons. The molecule has 1 saturated heterocycles. The Labute approximate surface area is 115 Å². The first-order valence-electron chi connectivity index (χ1n) is 7.10. The molecule has 1 unspecified atom stereocenters. The van der Waals surface area contributed by atoms with Gasteiger partial charge in [-0.1, -0.05) is 12.1 Å². The van der Waals surface area contributed by atoms with E-state index in [2.05, 4.69) is 36.9 Å². The van der Waals surface area contributed by atoms with Crippen LogP contribution in [0.4, 0.5) is 5.69 Å². The van der Waals surface area contributed by atoms with E-state index in [4.69, 9.17) is 5.11 Å². The number of carboxylic acids is 1. The van der Waals surface area contributed by atoms with Gasteiger partial charge in [-0.15, -0.1) is 0 Å². The predicted octanol–water partition coefficient (Wildman–Crippen LogP) is 3.38. The van der Waals surface area contributed by atoms with Crippen LogP contribution in [0.15, 0.2) is 18.2 Å². The molecule has 3 nitrogen and oxygen atoms in total. The van der Waals surface area contributed by atoms with Crippen molar-refractivity contribution in [3.8, 4) is 0 Å². The van der Waals surface area contributed by atoms with E-state index in [1.165, 1.54) is 16.8 Å². The monoisotopic (exact) mass is 261 g/mol. The molecular weight excluding hydrogens is 238 g/mol. The summed E-state index contributed by atoms with van der Waals surface area (Å²) in [6.45, 7) is 6.36. The number of anilines is 1. The minimum Gasteiger partial charge on any atom is -0.481 e. The van der Waals surface area contributed by atoms with Gasteiger partial charge in [-0.2, -0.15) is 0 Å². The van der Waals surface area contributed by atoms with Gasteiger partial charge in [-0.25, -0.2) is 0 Å². The maximum absolute atomic E-state index is 10.7. The molecule has 1 aliphatic rings. The van der Waals surface area contributed by atoms with Gasteiger partial charge in [-0.05, 0) is 56.2 Å². The van der Waals surface area contributed by atoms with Crippen LogP contribution in [-0.4, -0.2) is 24.2 Å². The largest absolute Gasteiger partial charge is 0.481 e. The number of aryl methyl sites for hydroxylation is 2. The summed E-state index contributed by atoms with van der Waals surface area (Å²) in [7, 11) is 0. The van der Waals surface area contributed by atoms with Gasteiger partial charge in [0.25, 0.3) is 0 Å². The third kappa shape index (κ3) is 3.72. The van der Waals surface area contributed by atoms with Gasteiger partial charge < -0.3 is 10.0 Å². The second-order valence-corrected chi connectivity index (χ2v) is 5.68. The summed E-state index contributed by atoms with van der Waals surface area (Å²) in [5.41, 5.74) is 3.91. The fourth-order valence-corrected chi connectivity index (χ4v) is 2.91. The summed E-state index contributed by atoms with van der Waals surface area (Å²) in [6.07, 6.45) is 3.42. The smallest absolute Gasteiger partial charge is 0.303 e. The molecule has 1 aliphatic heterocycles. The summed E-state index contributed by atoms with van der Waals surface area (Å²) in [6, 6.07) is 6.56. The molecule has 1 aromatic carbocycles. The van der Waals surface area contributed by atoms with Crippen molar-refractivity contribution < 1.29 is 9.90 Å². The molecule has 2 rings (SSSR count). The zero-order chi connectivity index (χ0) is 13.8. The summed E-state index contributed by atoms with van der Waals surface area (Å²) >= 11 is 0. The molecule has 0 saturated carbocycles. The van der Waals surface area contributed by atoms with Crippen molar-refractivity contribution in [1.82, 2.24) is 0 Å². The van der Waals surface area contributed by atoms with E-state index in [-0.39, 0.29) is 0 Å². The van der Waals surface area contributed by atoms with E-state index in [9.17, 15) is 4.79 Å². The number of nitrogens with zero attached hydrogens (tertiary/aromatic N) is 1.